The van der Waals surface area contributed by atoms with Gasteiger partial charge in [0.05, 0.1) is 5.69 Å². The molecule has 0 saturated heterocycles. The second kappa shape index (κ2) is 7.52. The quantitative estimate of drug-likeness (QED) is 0.479. The average Bonchev–Trinajstić information content (AvgIpc) is 3.10. The SMILES string of the molecule is Cc1cc(Nc2cc(-c3ccccc3)nc(Nc3c(C)cccc3C)n2)no1. The zero-order chi connectivity index (χ0) is 19.5. The number of hydrogen-bond acceptors (Lipinski definition) is 6. The Kier molecular flexibility index (Phi) is 4.76. The maximum Gasteiger partial charge on any atom is 0.229 e. The molecule has 6 heteroatoms. The summed E-state index contributed by atoms with van der Waals surface area (Å²) in [5.74, 6) is 2.49. The Morgan fingerprint density at radius 2 is 1.50 bits per heavy atom. The van der Waals surface area contributed by atoms with E-state index in [1.54, 1.807) is 0 Å². The van der Waals surface area contributed by atoms with Gasteiger partial charge in [0.2, 0.25) is 5.95 Å². The molecule has 2 N–H and O–H groups in total. The van der Waals surface area contributed by atoms with Crippen molar-refractivity contribution < 1.29 is 4.52 Å². The zero-order valence-electron chi connectivity index (χ0n) is 16.0. The van der Waals surface area contributed by atoms with Crippen LogP contribution in [0.1, 0.15) is 16.9 Å². The normalized spacial score (nSPS) is 10.7. The summed E-state index contributed by atoms with van der Waals surface area (Å²) in [5, 5.41) is 10.6. The summed E-state index contributed by atoms with van der Waals surface area (Å²) in [6.07, 6.45) is 0. The van der Waals surface area contributed by atoms with Crippen molar-refractivity contribution in [1.29, 1.82) is 0 Å². The first-order valence-corrected chi connectivity index (χ1v) is 9.06. The smallest absolute Gasteiger partial charge is 0.229 e. The largest absolute Gasteiger partial charge is 0.360 e. The fourth-order valence-corrected chi connectivity index (χ4v) is 3.00. The highest BCUT2D eigenvalue weighted by atomic mass is 16.5. The van der Waals surface area contributed by atoms with Crippen molar-refractivity contribution in [2.24, 2.45) is 0 Å². The van der Waals surface area contributed by atoms with Gasteiger partial charge in [0.15, 0.2) is 5.82 Å². The van der Waals surface area contributed by atoms with Gasteiger partial charge in [-0.2, -0.15) is 4.98 Å². The third-order valence-corrected chi connectivity index (χ3v) is 4.40. The summed E-state index contributed by atoms with van der Waals surface area (Å²) in [4.78, 5) is 9.35. The third kappa shape index (κ3) is 3.86. The molecule has 4 rings (SSSR count). The van der Waals surface area contributed by atoms with Crippen molar-refractivity contribution in [1.82, 2.24) is 15.1 Å². The summed E-state index contributed by atoms with van der Waals surface area (Å²) in [5.41, 5.74) is 5.10. The molecule has 0 spiro atoms. The van der Waals surface area contributed by atoms with E-state index in [4.69, 9.17) is 9.51 Å². The summed E-state index contributed by atoms with van der Waals surface area (Å²) >= 11 is 0. The number of nitrogens with one attached hydrogen (secondary N) is 2. The lowest BCUT2D eigenvalue weighted by Crippen LogP contribution is -2.04. The predicted molar refractivity (Wildman–Crippen MR) is 111 cm³/mol. The molecule has 4 aromatic rings. The first kappa shape index (κ1) is 17.7. The van der Waals surface area contributed by atoms with Gasteiger partial charge in [-0.1, -0.05) is 53.7 Å². The summed E-state index contributed by atoms with van der Waals surface area (Å²) < 4.78 is 5.14. The van der Waals surface area contributed by atoms with Crippen molar-refractivity contribution in [3.8, 4) is 11.3 Å². The first-order valence-electron chi connectivity index (χ1n) is 9.06. The molecule has 0 amide bonds. The molecule has 140 valence electrons. The highest BCUT2D eigenvalue weighted by molar-refractivity contribution is 5.69. The highest BCUT2D eigenvalue weighted by Gasteiger charge is 2.11. The Hall–Kier alpha value is -3.67. The van der Waals surface area contributed by atoms with E-state index in [-0.39, 0.29) is 0 Å². The van der Waals surface area contributed by atoms with Crippen molar-refractivity contribution >= 4 is 23.3 Å². The maximum atomic E-state index is 5.14. The number of rotatable bonds is 5. The van der Waals surface area contributed by atoms with Crippen molar-refractivity contribution in [3.05, 3.63) is 77.6 Å². The van der Waals surface area contributed by atoms with E-state index < -0.39 is 0 Å². The molecule has 0 bridgehead atoms. The number of para-hydroxylation sites is 1. The second-order valence-corrected chi connectivity index (χ2v) is 6.67. The van der Waals surface area contributed by atoms with Gasteiger partial charge in [-0.05, 0) is 31.9 Å². The molecule has 28 heavy (non-hydrogen) atoms. The molecule has 0 unspecified atom stereocenters. The van der Waals surface area contributed by atoms with E-state index in [0.717, 1.165) is 33.8 Å². The van der Waals surface area contributed by atoms with Crippen LogP contribution in [0.2, 0.25) is 0 Å². The molecule has 0 aliphatic rings. The van der Waals surface area contributed by atoms with Crippen LogP contribution in [0.15, 0.2) is 65.2 Å². The van der Waals surface area contributed by atoms with E-state index in [1.165, 1.54) is 0 Å². The molecule has 2 heterocycles. The van der Waals surface area contributed by atoms with Crippen LogP contribution in [0, 0.1) is 20.8 Å². The molecule has 2 aromatic heterocycles. The zero-order valence-corrected chi connectivity index (χ0v) is 16.0. The molecule has 0 saturated carbocycles. The van der Waals surface area contributed by atoms with Gasteiger partial charge in [-0.3, -0.25) is 0 Å². The third-order valence-electron chi connectivity index (χ3n) is 4.40. The molecular formula is C22H21N5O. The van der Waals surface area contributed by atoms with E-state index in [1.807, 2.05) is 55.5 Å². The van der Waals surface area contributed by atoms with E-state index in [9.17, 15) is 0 Å². The first-order chi connectivity index (χ1) is 13.6. The van der Waals surface area contributed by atoms with Crippen LogP contribution in [0.25, 0.3) is 11.3 Å². The average molecular weight is 371 g/mol. The fourth-order valence-electron chi connectivity index (χ4n) is 3.00. The van der Waals surface area contributed by atoms with Gasteiger partial charge in [0.1, 0.15) is 11.6 Å². The lowest BCUT2D eigenvalue weighted by Gasteiger charge is -2.13. The standard InChI is InChI=1S/C22H21N5O/c1-14-8-7-9-15(2)21(14)26-22-23-18(17-10-5-4-6-11-17)13-19(25-22)24-20-12-16(3)28-27-20/h4-13H,1-3H3,(H2,23,24,25,26,27). The van der Waals surface area contributed by atoms with Crippen LogP contribution in [0.5, 0.6) is 0 Å². The van der Waals surface area contributed by atoms with E-state index >= 15 is 0 Å². The fraction of sp³-hybridized carbons (Fsp3) is 0.136. The van der Waals surface area contributed by atoms with Gasteiger partial charge < -0.3 is 15.2 Å². The topological polar surface area (TPSA) is 75.9 Å². The molecule has 6 nitrogen and oxygen atoms in total. The van der Waals surface area contributed by atoms with Crippen molar-refractivity contribution in [2.75, 3.05) is 10.6 Å². The molecule has 2 aromatic carbocycles. The second-order valence-electron chi connectivity index (χ2n) is 6.67. The van der Waals surface area contributed by atoms with Gasteiger partial charge >= 0.3 is 0 Å². The molecule has 0 radical (unpaired) electrons. The maximum absolute atomic E-state index is 5.14. The van der Waals surface area contributed by atoms with Crippen molar-refractivity contribution in [3.63, 3.8) is 0 Å². The minimum Gasteiger partial charge on any atom is -0.360 e. The number of aromatic nitrogens is 3. The number of benzene rings is 2. The number of anilines is 4. The van der Waals surface area contributed by atoms with Crippen LogP contribution >= 0.6 is 0 Å². The monoisotopic (exact) mass is 371 g/mol. The van der Waals surface area contributed by atoms with Gasteiger partial charge in [-0.15, -0.1) is 0 Å². The predicted octanol–water partition coefficient (Wildman–Crippen LogP) is 5.54. The lowest BCUT2D eigenvalue weighted by atomic mass is 10.1. The Bertz CT molecular complexity index is 1080. The Morgan fingerprint density at radius 3 is 2.18 bits per heavy atom. The summed E-state index contributed by atoms with van der Waals surface area (Å²) in [6.45, 7) is 5.98. The van der Waals surface area contributed by atoms with Gasteiger partial charge in [-0.25, -0.2) is 4.98 Å². The number of nitrogens with zero attached hydrogens (tertiary/aromatic N) is 3. The van der Waals surface area contributed by atoms with Gasteiger partial charge in [0, 0.05) is 23.4 Å². The summed E-state index contributed by atoms with van der Waals surface area (Å²) in [6, 6.07) is 19.9. The Balaban J connectivity index is 1.75. The highest BCUT2D eigenvalue weighted by Crippen LogP contribution is 2.27. The van der Waals surface area contributed by atoms with Crippen LogP contribution in [0.4, 0.5) is 23.3 Å². The van der Waals surface area contributed by atoms with E-state index in [2.05, 4.69) is 46.8 Å². The van der Waals surface area contributed by atoms with Crippen LogP contribution in [-0.4, -0.2) is 15.1 Å². The van der Waals surface area contributed by atoms with Crippen LogP contribution in [0.3, 0.4) is 0 Å². The Labute approximate surface area is 163 Å². The molecule has 0 aliphatic carbocycles. The van der Waals surface area contributed by atoms with Crippen LogP contribution in [-0.2, 0) is 0 Å². The number of hydrogen-bond donors (Lipinski definition) is 2. The lowest BCUT2D eigenvalue weighted by molar-refractivity contribution is 0.400. The molecule has 0 fully saturated rings. The van der Waals surface area contributed by atoms with E-state index in [0.29, 0.717) is 17.6 Å². The minimum absolute atomic E-state index is 0.515. The van der Waals surface area contributed by atoms with Crippen LogP contribution < -0.4 is 10.6 Å². The minimum atomic E-state index is 0.515. The molecule has 0 aliphatic heterocycles. The number of aryl methyl sites for hydroxylation is 3. The van der Waals surface area contributed by atoms with Gasteiger partial charge in [0.25, 0.3) is 0 Å². The Morgan fingerprint density at radius 1 is 0.750 bits per heavy atom. The summed E-state index contributed by atoms with van der Waals surface area (Å²) in [7, 11) is 0. The van der Waals surface area contributed by atoms with Crippen molar-refractivity contribution in [2.45, 2.75) is 20.8 Å². The molecular weight excluding hydrogens is 350 g/mol. The molecule has 0 atom stereocenters.